The Bertz CT molecular complexity index is 627. The summed E-state index contributed by atoms with van der Waals surface area (Å²) >= 11 is 7.63. The molecule has 0 aromatic rings. The summed E-state index contributed by atoms with van der Waals surface area (Å²) in [6, 6.07) is -1.14. The number of thioether (sulfide) groups is 2. The molecule has 0 aliphatic carbocycles. The van der Waals surface area contributed by atoms with Crippen LogP contribution in [0.4, 0.5) is 14.4 Å². The van der Waals surface area contributed by atoms with Crippen LogP contribution in [0, 0.1) is 0 Å². The average Bonchev–Trinajstić information content (AvgIpc) is 2.65. The van der Waals surface area contributed by atoms with E-state index in [1.807, 2.05) is 6.26 Å². The van der Waals surface area contributed by atoms with E-state index in [2.05, 4.69) is 15.4 Å². The largest absolute Gasteiger partial charge is 0.480 e. The van der Waals surface area contributed by atoms with Gasteiger partial charge in [-0.15, -0.1) is 0 Å². The summed E-state index contributed by atoms with van der Waals surface area (Å²) in [6.45, 7) is 12.5. The molecule has 2 amide bonds. The van der Waals surface area contributed by atoms with Gasteiger partial charge in [-0.25, -0.2) is 19.2 Å². The molecule has 208 valence electrons. The molecule has 0 saturated heterocycles. The van der Waals surface area contributed by atoms with Gasteiger partial charge in [0, 0.05) is 23.1 Å². The third-order valence-electron chi connectivity index (χ3n) is 2.89. The molecule has 14 heteroatoms. The number of halogens is 1. The summed E-state index contributed by atoms with van der Waals surface area (Å²) < 4.78 is 14.2. The predicted octanol–water partition coefficient (Wildman–Crippen LogP) is 3.94. The van der Waals surface area contributed by atoms with Crippen LogP contribution >= 0.6 is 35.1 Å². The topological polar surface area (TPSA) is 160 Å². The number of carbonyl (C=O) groups is 4. The number of hydrogen-bond donors (Lipinski definition) is 4. The van der Waals surface area contributed by atoms with Crippen molar-refractivity contribution in [2.24, 2.45) is 0 Å². The van der Waals surface area contributed by atoms with Gasteiger partial charge in [-0.2, -0.15) is 23.5 Å². The highest BCUT2D eigenvalue weighted by Crippen LogP contribution is 2.08. The van der Waals surface area contributed by atoms with Crippen molar-refractivity contribution in [3.63, 3.8) is 0 Å². The van der Waals surface area contributed by atoms with Gasteiger partial charge in [0.05, 0.1) is 19.3 Å². The summed E-state index contributed by atoms with van der Waals surface area (Å²) in [5, 5.41) is 22.6. The molecule has 4 N–H and O–H groups in total. The van der Waals surface area contributed by atoms with E-state index in [1.165, 1.54) is 11.8 Å². The molecule has 0 bridgehead atoms. The first kappa shape index (κ1) is 38.0. The summed E-state index contributed by atoms with van der Waals surface area (Å²) in [5.74, 6) is -0.0696. The van der Waals surface area contributed by atoms with Crippen LogP contribution in [0.2, 0.25) is 0 Å². The summed E-state index contributed by atoms with van der Waals surface area (Å²) in [4.78, 5) is 42.8. The molecule has 0 radical (unpaired) electrons. The zero-order chi connectivity index (χ0) is 28.2. The van der Waals surface area contributed by atoms with Gasteiger partial charge in [-0.3, -0.25) is 0 Å². The van der Waals surface area contributed by atoms with Crippen molar-refractivity contribution in [1.29, 1.82) is 0 Å². The lowest BCUT2D eigenvalue weighted by molar-refractivity contribution is -0.138. The van der Waals surface area contributed by atoms with Crippen molar-refractivity contribution in [2.75, 3.05) is 37.2 Å². The maximum atomic E-state index is 11.2. The maximum absolute atomic E-state index is 11.2. The minimum atomic E-state index is -1.06. The number of aliphatic hydroxyl groups excluding tert-OH is 1. The Labute approximate surface area is 221 Å². The maximum Gasteiger partial charge on any atom is 0.408 e. The molecule has 0 heterocycles. The minimum Gasteiger partial charge on any atom is -0.480 e. The fraction of sp³-hybridized carbons (Fsp3) is 0.810. The van der Waals surface area contributed by atoms with Gasteiger partial charge in [0.25, 0.3) is 0 Å². The number of carbonyl (C=O) groups excluding carboxylic acids is 3. The highest BCUT2D eigenvalue weighted by molar-refractivity contribution is 7.98. The number of carboxylic acids is 1. The summed E-state index contributed by atoms with van der Waals surface area (Å²) in [7, 11) is 0. The third kappa shape index (κ3) is 30.4. The number of hydrogen-bond acceptors (Lipinski definition) is 10. The van der Waals surface area contributed by atoms with Crippen LogP contribution in [0.5, 0.6) is 0 Å². The van der Waals surface area contributed by atoms with Gasteiger partial charge in [0.2, 0.25) is 0 Å². The Morgan fingerprint density at radius 1 is 0.886 bits per heavy atom. The SMILES string of the molecule is CCOC(=O)Cl.CSC[C@@H](CO)NC(=O)OC(C)(C)C.CSC[C@H](NC(=O)OC(C)(C)C)C(=O)O. The highest BCUT2D eigenvalue weighted by Gasteiger charge is 2.23. The lowest BCUT2D eigenvalue weighted by Gasteiger charge is -2.22. The van der Waals surface area contributed by atoms with Crippen molar-refractivity contribution < 1.29 is 43.6 Å². The lowest BCUT2D eigenvalue weighted by atomic mass is 10.2. The van der Waals surface area contributed by atoms with E-state index in [-0.39, 0.29) is 12.6 Å². The van der Waals surface area contributed by atoms with Crippen LogP contribution < -0.4 is 10.6 Å². The summed E-state index contributed by atoms with van der Waals surface area (Å²) in [5.41, 5.74) is -1.85. The highest BCUT2D eigenvalue weighted by atomic mass is 35.5. The van der Waals surface area contributed by atoms with Crippen LogP contribution in [0.3, 0.4) is 0 Å². The number of rotatable bonds is 9. The summed E-state index contributed by atoms with van der Waals surface area (Å²) in [6.07, 6.45) is 2.50. The van der Waals surface area contributed by atoms with Gasteiger partial charge in [0.1, 0.15) is 17.2 Å². The quantitative estimate of drug-likeness (QED) is 0.237. The van der Waals surface area contributed by atoms with Crippen molar-refractivity contribution in [1.82, 2.24) is 10.6 Å². The van der Waals surface area contributed by atoms with Gasteiger partial charge < -0.3 is 35.1 Å². The third-order valence-corrected chi connectivity index (χ3v) is 4.40. The number of alkyl carbamates (subject to hydrolysis) is 2. The van der Waals surface area contributed by atoms with E-state index in [4.69, 9.17) is 31.3 Å². The Morgan fingerprint density at radius 3 is 1.57 bits per heavy atom. The molecule has 0 saturated carbocycles. The standard InChI is InChI=1S/C9H17NO4S.C9H19NO3S.C3H5ClO2/c1-9(2,3)14-8(13)10-6(5-15-4)7(11)12;1-9(2,3)13-8(12)10-7(5-11)6-14-4;1-2-6-3(4)5/h6H,5H2,1-4H3,(H,10,13)(H,11,12);7,11H,5-6H2,1-4H3,(H,10,12);2H2,1H3/t6-;7-;/m01./s1. The van der Waals surface area contributed by atoms with Crippen molar-refractivity contribution in [2.45, 2.75) is 71.8 Å². The first-order chi connectivity index (χ1) is 15.9. The Morgan fingerprint density at radius 2 is 1.31 bits per heavy atom. The molecule has 0 aromatic carbocycles. The number of aliphatic hydroxyl groups is 1. The second-order valence-electron chi connectivity index (χ2n) is 8.64. The molecule has 0 fully saturated rings. The van der Waals surface area contributed by atoms with E-state index in [1.54, 1.807) is 66.5 Å². The smallest absolute Gasteiger partial charge is 0.408 e. The van der Waals surface area contributed by atoms with E-state index >= 15 is 0 Å². The molecule has 35 heavy (non-hydrogen) atoms. The Balaban J connectivity index is -0.000000477. The van der Waals surface area contributed by atoms with Crippen LogP contribution in [-0.2, 0) is 19.0 Å². The first-order valence-electron chi connectivity index (χ1n) is 10.5. The van der Waals surface area contributed by atoms with E-state index in [9.17, 15) is 19.2 Å². The van der Waals surface area contributed by atoms with Crippen LogP contribution in [0.15, 0.2) is 0 Å². The molecule has 11 nitrogen and oxygen atoms in total. The van der Waals surface area contributed by atoms with Crippen molar-refractivity contribution in [3.8, 4) is 0 Å². The number of ether oxygens (including phenoxy) is 3. The molecule has 0 spiro atoms. The lowest BCUT2D eigenvalue weighted by Crippen LogP contribution is -2.44. The molecule has 0 aliphatic heterocycles. The van der Waals surface area contributed by atoms with Crippen LogP contribution in [-0.4, -0.2) is 94.3 Å². The van der Waals surface area contributed by atoms with E-state index in [0.29, 0.717) is 18.1 Å². The Hall–Kier alpha value is -1.57. The zero-order valence-corrected chi connectivity index (χ0v) is 24.3. The predicted molar refractivity (Wildman–Crippen MR) is 141 cm³/mol. The van der Waals surface area contributed by atoms with E-state index in [0.717, 1.165) is 0 Å². The van der Waals surface area contributed by atoms with Gasteiger partial charge in [0.15, 0.2) is 0 Å². The molecule has 0 aromatic heterocycles. The molecule has 0 unspecified atom stereocenters. The number of carboxylic acid groups (broad SMARTS) is 1. The number of aliphatic carboxylic acids is 1. The monoisotopic (exact) mass is 564 g/mol. The molecule has 0 rings (SSSR count). The van der Waals surface area contributed by atoms with Gasteiger partial charge >= 0.3 is 23.6 Å². The first-order valence-corrected chi connectivity index (χ1v) is 13.7. The van der Waals surface area contributed by atoms with Crippen molar-refractivity contribution >= 4 is 58.7 Å². The second kappa shape index (κ2) is 20.6. The molecule has 2 atom stereocenters. The fourth-order valence-electron chi connectivity index (χ4n) is 1.72. The van der Waals surface area contributed by atoms with Crippen molar-refractivity contribution in [3.05, 3.63) is 0 Å². The molecule has 0 aliphatic rings. The number of amides is 2. The van der Waals surface area contributed by atoms with E-state index < -0.39 is 40.8 Å². The fourth-order valence-corrected chi connectivity index (χ4v) is 2.98. The van der Waals surface area contributed by atoms with Gasteiger partial charge in [-0.1, -0.05) is 0 Å². The number of nitrogens with one attached hydrogen (secondary N) is 2. The molecular weight excluding hydrogens is 524 g/mol. The van der Waals surface area contributed by atoms with Crippen LogP contribution in [0.25, 0.3) is 0 Å². The minimum absolute atomic E-state index is 0.0694. The Kier molecular flexibility index (Phi) is 22.4. The molecular formula is C21H41ClN2O9S2. The normalized spacial score (nSPS) is 12.3. The second-order valence-corrected chi connectivity index (χ2v) is 10.8. The zero-order valence-electron chi connectivity index (χ0n) is 21.9. The van der Waals surface area contributed by atoms with Crippen LogP contribution in [0.1, 0.15) is 48.5 Å². The van der Waals surface area contributed by atoms with Gasteiger partial charge in [-0.05, 0) is 61.0 Å². The average molecular weight is 565 g/mol.